The van der Waals surface area contributed by atoms with Crippen LogP contribution in [0.3, 0.4) is 0 Å². The normalized spacial score (nSPS) is 33.8. The van der Waals surface area contributed by atoms with Crippen molar-refractivity contribution in [1.82, 2.24) is 0 Å². The molecule has 6 rings (SSSR count). The largest absolute Gasteiger partial charge is 0.404 e. The van der Waals surface area contributed by atoms with Gasteiger partial charge in [-0.05, 0) is 101 Å². The van der Waals surface area contributed by atoms with Crippen LogP contribution in [-0.4, -0.2) is 20.2 Å². The maximum Gasteiger partial charge on any atom is 0.261 e. The van der Waals surface area contributed by atoms with E-state index in [0.717, 1.165) is 37.2 Å². The summed E-state index contributed by atoms with van der Waals surface area (Å²) in [6.07, 6.45) is 13.2. The summed E-state index contributed by atoms with van der Waals surface area (Å²) in [4.78, 5) is 12.5. The molecule has 0 aliphatic heterocycles. The van der Waals surface area contributed by atoms with E-state index in [1.54, 1.807) is 12.5 Å². The maximum absolute atomic E-state index is 12.5. The van der Waals surface area contributed by atoms with E-state index in [1.807, 2.05) is 0 Å². The fourth-order valence-corrected chi connectivity index (χ4v) is 14.5. The molecule has 2 aromatic carbocycles. The summed E-state index contributed by atoms with van der Waals surface area (Å²) in [5, 5.41) is 2.75. The van der Waals surface area contributed by atoms with Crippen LogP contribution in [0.25, 0.3) is 0 Å². The molecule has 2 saturated carbocycles. The summed E-state index contributed by atoms with van der Waals surface area (Å²) in [6, 6.07) is 22.2. The van der Waals surface area contributed by atoms with Crippen LogP contribution in [-0.2, 0) is 9.22 Å². The minimum atomic E-state index is -2.56. The second kappa shape index (κ2) is 9.95. The highest BCUT2D eigenvalue weighted by Gasteiger charge is 2.58. The molecule has 0 heterocycles. The molecule has 0 unspecified atom stereocenters. The van der Waals surface area contributed by atoms with Gasteiger partial charge in [-0.3, -0.25) is 4.79 Å². The van der Waals surface area contributed by atoms with Crippen LogP contribution in [0, 0.1) is 28.6 Å². The zero-order valence-electron chi connectivity index (χ0n) is 25.5. The van der Waals surface area contributed by atoms with Crippen molar-refractivity contribution in [3.05, 3.63) is 84.0 Å². The Bertz CT molecular complexity index is 1280. The first-order chi connectivity index (χ1) is 19.0. The molecule has 6 atom stereocenters. The van der Waals surface area contributed by atoms with E-state index in [9.17, 15) is 4.79 Å². The number of allylic oxidation sites excluding steroid dienone is 3. The van der Waals surface area contributed by atoms with Gasteiger partial charge in [0.15, 0.2) is 5.78 Å². The van der Waals surface area contributed by atoms with Crippen molar-refractivity contribution in [2.45, 2.75) is 97.6 Å². The third kappa shape index (κ3) is 4.17. The summed E-state index contributed by atoms with van der Waals surface area (Å²) in [5.74, 6) is 2.32. The van der Waals surface area contributed by atoms with Crippen molar-refractivity contribution >= 4 is 24.5 Å². The number of fused-ring (bicyclic) bond motifs is 5. The van der Waals surface area contributed by atoms with E-state index in [0.29, 0.717) is 17.6 Å². The highest BCUT2D eigenvalue weighted by molar-refractivity contribution is 6.99. The number of benzene rings is 2. The molecular formula is C37H48O2Si. The van der Waals surface area contributed by atoms with Gasteiger partial charge in [0.05, 0.1) is 0 Å². The summed E-state index contributed by atoms with van der Waals surface area (Å²) in [5.41, 5.74) is 3.12. The van der Waals surface area contributed by atoms with Gasteiger partial charge < -0.3 is 4.43 Å². The molecule has 3 heteroatoms. The smallest absolute Gasteiger partial charge is 0.261 e. The first-order valence-corrected chi connectivity index (χ1v) is 17.6. The van der Waals surface area contributed by atoms with Gasteiger partial charge in [0, 0.05) is 6.10 Å². The van der Waals surface area contributed by atoms with Gasteiger partial charge in [-0.2, -0.15) is 0 Å². The van der Waals surface area contributed by atoms with Crippen LogP contribution in [0.2, 0.25) is 5.04 Å². The molecule has 212 valence electrons. The van der Waals surface area contributed by atoms with Gasteiger partial charge in [0.1, 0.15) is 0 Å². The Hall–Kier alpha value is -2.23. The third-order valence-electron chi connectivity index (χ3n) is 11.8. The van der Waals surface area contributed by atoms with Crippen molar-refractivity contribution in [2.75, 3.05) is 0 Å². The Morgan fingerprint density at radius 3 is 2.00 bits per heavy atom. The molecule has 0 bridgehead atoms. The van der Waals surface area contributed by atoms with Crippen LogP contribution in [0.5, 0.6) is 0 Å². The lowest BCUT2D eigenvalue weighted by Crippen LogP contribution is -2.68. The Morgan fingerprint density at radius 2 is 1.43 bits per heavy atom. The Labute approximate surface area is 243 Å². The van der Waals surface area contributed by atoms with E-state index < -0.39 is 8.32 Å². The highest BCUT2D eigenvalue weighted by Crippen LogP contribution is 2.65. The van der Waals surface area contributed by atoms with Gasteiger partial charge in [-0.25, -0.2) is 0 Å². The molecule has 0 amide bonds. The predicted molar refractivity (Wildman–Crippen MR) is 168 cm³/mol. The number of ketones is 1. The molecule has 0 aromatic heterocycles. The van der Waals surface area contributed by atoms with Crippen molar-refractivity contribution in [1.29, 1.82) is 0 Å². The minimum absolute atomic E-state index is 0.000216. The van der Waals surface area contributed by atoms with E-state index >= 15 is 0 Å². The molecule has 4 aliphatic carbocycles. The summed E-state index contributed by atoms with van der Waals surface area (Å²) in [6.45, 7) is 13.9. The quantitative estimate of drug-likeness (QED) is 0.277. The number of carbonyl (C=O) groups is 1. The molecule has 40 heavy (non-hydrogen) atoms. The van der Waals surface area contributed by atoms with Gasteiger partial charge in [0.2, 0.25) is 0 Å². The van der Waals surface area contributed by atoms with Gasteiger partial charge >= 0.3 is 0 Å². The number of carbonyl (C=O) groups excluding carboxylic acids is 1. The third-order valence-corrected chi connectivity index (χ3v) is 16.9. The molecule has 4 aliphatic rings. The zero-order valence-corrected chi connectivity index (χ0v) is 26.5. The van der Waals surface area contributed by atoms with Crippen molar-refractivity contribution in [3.8, 4) is 0 Å². The average Bonchev–Trinajstić information content (AvgIpc) is 3.29. The van der Waals surface area contributed by atoms with E-state index in [2.05, 4.69) is 107 Å². The molecule has 0 radical (unpaired) electrons. The Kier molecular flexibility index (Phi) is 6.94. The van der Waals surface area contributed by atoms with E-state index in [1.165, 1.54) is 29.6 Å². The molecule has 2 fully saturated rings. The maximum atomic E-state index is 12.5. The average molecular weight is 553 g/mol. The molecule has 2 nitrogen and oxygen atoms in total. The second-order valence-corrected chi connectivity index (χ2v) is 19.0. The lowest BCUT2D eigenvalue weighted by Gasteiger charge is -2.58. The fourth-order valence-electron chi connectivity index (χ4n) is 9.78. The first kappa shape index (κ1) is 27.9. The first-order valence-electron chi connectivity index (χ1n) is 15.7. The van der Waals surface area contributed by atoms with Crippen LogP contribution in [0.15, 0.2) is 84.0 Å². The van der Waals surface area contributed by atoms with Crippen LogP contribution < -0.4 is 10.4 Å². The number of Topliss-reactive ketones (excluding diaryl/α,β-unsaturated/α-hetero) is 1. The zero-order chi connectivity index (χ0) is 28.3. The topological polar surface area (TPSA) is 26.3 Å². The second-order valence-electron chi connectivity index (χ2n) is 14.8. The molecule has 0 N–H and O–H groups in total. The van der Waals surface area contributed by atoms with E-state index in [4.69, 9.17) is 4.43 Å². The summed E-state index contributed by atoms with van der Waals surface area (Å²) in [7, 11) is -2.56. The summed E-state index contributed by atoms with van der Waals surface area (Å²) < 4.78 is 7.62. The minimum Gasteiger partial charge on any atom is -0.404 e. The van der Waals surface area contributed by atoms with Crippen LogP contribution in [0.1, 0.15) is 86.5 Å². The van der Waals surface area contributed by atoms with E-state index in [-0.39, 0.29) is 22.0 Å². The number of hydrogen-bond donors (Lipinski definition) is 0. The predicted octanol–water partition coefficient (Wildman–Crippen LogP) is 8.02. The molecule has 0 saturated heterocycles. The number of rotatable bonds is 5. The monoisotopic (exact) mass is 552 g/mol. The van der Waals surface area contributed by atoms with Gasteiger partial charge in [-0.1, -0.05) is 113 Å². The summed E-state index contributed by atoms with van der Waals surface area (Å²) >= 11 is 0. The van der Waals surface area contributed by atoms with Gasteiger partial charge in [0.25, 0.3) is 8.32 Å². The lowest BCUT2D eigenvalue weighted by atomic mass is 9.47. The van der Waals surface area contributed by atoms with Crippen LogP contribution in [0.4, 0.5) is 0 Å². The standard InChI is InChI=1S/C37H48O2Si/c1-26(38)32-19-20-33-31-18-17-27-25-28(21-23-36(27,5)34(31)22-24-37(32,33)6)39-40(35(2,3)4,29-13-9-7-10-14-29)30-15-11-8-12-16-30/h7-17,19,28,31,33-34H,18,20-25H2,1-6H3/t28-,31-,33-,34-,36-,37+/m0/s1. The lowest BCUT2D eigenvalue weighted by molar-refractivity contribution is -0.115. The SMILES string of the molecule is CC(=O)C1=CC[C@H]2[C@@H]3CC=C4C[C@@H](O[Si](c5ccccc5)(c5ccccc5)C(C)(C)C)CC[C@]4(C)[C@H]3CC[C@]12C. The van der Waals surface area contributed by atoms with Crippen molar-refractivity contribution in [3.63, 3.8) is 0 Å². The van der Waals surface area contributed by atoms with Gasteiger partial charge in [-0.15, -0.1) is 0 Å². The fraction of sp³-hybridized carbons (Fsp3) is 0.541. The molecule has 2 aromatic rings. The molecule has 0 spiro atoms. The van der Waals surface area contributed by atoms with Crippen molar-refractivity contribution in [2.24, 2.45) is 28.6 Å². The van der Waals surface area contributed by atoms with Crippen LogP contribution >= 0.6 is 0 Å². The highest BCUT2D eigenvalue weighted by atomic mass is 28.4. The Morgan fingerprint density at radius 1 is 0.825 bits per heavy atom. The molecular weight excluding hydrogens is 504 g/mol. The van der Waals surface area contributed by atoms with Crippen molar-refractivity contribution < 1.29 is 9.22 Å². The number of hydrogen-bond acceptors (Lipinski definition) is 2. The Balaban J connectivity index is 1.31.